The van der Waals surface area contributed by atoms with Crippen molar-refractivity contribution in [3.05, 3.63) is 29.8 Å². The summed E-state index contributed by atoms with van der Waals surface area (Å²) < 4.78 is 0. The van der Waals surface area contributed by atoms with Crippen LogP contribution >= 0.6 is 0 Å². The van der Waals surface area contributed by atoms with Crippen molar-refractivity contribution in [2.24, 2.45) is 5.73 Å². The van der Waals surface area contributed by atoms with E-state index in [4.69, 9.17) is 5.73 Å². The monoisotopic (exact) mass is 232 g/mol. The Hall–Kier alpha value is -1.68. The highest BCUT2D eigenvalue weighted by molar-refractivity contribution is 6.16. The smallest absolute Gasteiger partial charge is 0.233 e. The fraction of sp³-hybridized carbons (Fsp3) is 0.385. The second-order valence-electron chi connectivity index (χ2n) is 4.36. The number of nitrogens with two attached hydrogens (primary N) is 1. The summed E-state index contributed by atoms with van der Waals surface area (Å²) in [6.45, 7) is 1.90. The van der Waals surface area contributed by atoms with Gasteiger partial charge in [-0.15, -0.1) is 0 Å². The molecule has 0 aromatic heterocycles. The second-order valence-corrected chi connectivity index (χ2v) is 4.36. The van der Waals surface area contributed by atoms with Crippen LogP contribution in [0.15, 0.2) is 24.3 Å². The zero-order valence-electron chi connectivity index (χ0n) is 9.85. The lowest BCUT2D eigenvalue weighted by atomic mass is 10.1. The number of hydrogen-bond donors (Lipinski definition) is 1. The van der Waals surface area contributed by atoms with Crippen LogP contribution < -0.4 is 10.6 Å². The quantitative estimate of drug-likeness (QED) is 0.790. The molecule has 1 heterocycles. The first kappa shape index (κ1) is 11.8. The molecule has 0 saturated carbocycles. The highest BCUT2D eigenvalue weighted by Crippen LogP contribution is 2.23. The summed E-state index contributed by atoms with van der Waals surface area (Å²) in [4.78, 5) is 24.7. The lowest BCUT2D eigenvalue weighted by molar-refractivity contribution is -0.129. The summed E-state index contributed by atoms with van der Waals surface area (Å²) in [5, 5.41) is 0. The Bertz CT molecular complexity index is 421. The molecule has 17 heavy (non-hydrogen) atoms. The van der Waals surface area contributed by atoms with Crippen LogP contribution in [0.3, 0.4) is 0 Å². The van der Waals surface area contributed by atoms with E-state index in [1.165, 1.54) is 4.90 Å². The molecule has 1 fully saturated rings. The van der Waals surface area contributed by atoms with Gasteiger partial charge >= 0.3 is 0 Å². The number of imide groups is 1. The third kappa shape index (κ3) is 2.36. The zero-order valence-corrected chi connectivity index (χ0v) is 9.85. The maximum absolute atomic E-state index is 11.7. The molecule has 90 valence electrons. The van der Waals surface area contributed by atoms with Crippen molar-refractivity contribution in [3.63, 3.8) is 0 Å². The van der Waals surface area contributed by atoms with E-state index in [0.717, 1.165) is 5.56 Å². The van der Waals surface area contributed by atoms with E-state index in [0.29, 0.717) is 24.9 Å². The van der Waals surface area contributed by atoms with Crippen LogP contribution in [0.1, 0.15) is 37.8 Å². The molecule has 4 nitrogen and oxygen atoms in total. The normalized spacial score (nSPS) is 18.4. The Morgan fingerprint density at radius 2 is 1.65 bits per heavy atom. The fourth-order valence-electron chi connectivity index (χ4n) is 1.97. The van der Waals surface area contributed by atoms with E-state index in [2.05, 4.69) is 0 Å². The molecule has 2 amide bonds. The van der Waals surface area contributed by atoms with E-state index in [9.17, 15) is 9.59 Å². The average molecular weight is 232 g/mol. The second kappa shape index (κ2) is 4.67. The minimum Gasteiger partial charge on any atom is -0.324 e. The third-order valence-electron chi connectivity index (χ3n) is 2.96. The van der Waals surface area contributed by atoms with Crippen LogP contribution in [-0.4, -0.2) is 11.8 Å². The number of carbonyl (C=O) groups is 2. The number of piperidine rings is 1. The van der Waals surface area contributed by atoms with Gasteiger partial charge in [-0.1, -0.05) is 12.1 Å². The molecule has 1 aliphatic rings. The third-order valence-corrected chi connectivity index (χ3v) is 2.96. The molecular weight excluding hydrogens is 216 g/mol. The average Bonchev–Trinajstić information content (AvgIpc) is 2.29. The van der Waals surface area contributed by atoms with Crippen LogP contribution in [-0.2, 0) is 9.59 Å². The van der Waals surface area contributed by atoms with Crippen LogP contribution in [0.5, 0.6) is 0 Å². The number of nitrogens with zero attached hydrogens (tertiary/aromatic N) is 1. The van der Waals surface area contributed by atoms with Gasteiger partial charge in [-0.05, 0) is 31.0 Å². The van der Waals surface area contributed by atoms with Crippen molar-refractivity contribution >= 4 is 17.5 Å². The van der Waals surface area contributed by atoms with Crippen molar-refractivity contribution < 1.29 is 9.59 Å². The van der Waals surface area contributed by atoms with Crippen molar-refractivity contribution in [2.75, 3.05) is 4.90 Å². The summed E-state index contributed by atoms with van der Waals surface area (Å²) in [5.74, 6) is -0.232. The van der Waals surface area contributed by atoms with Gasteiger partial charge in [-0.3, -0.25) is 14.5 Å². The minimum atomic E-state index is -0.116. The van der Waals surface area contributed by atoms with E-state index >= 15 is 0 Å². The molecular formula is C13H16N2O2. The van der Waals surface area contributed by atoms with Crippen LogP contribution in [0.2, 0.25) is 0 Å². The number of carbonyl (C=O) groups excluding carboxylic acids is 2. The van der Waals surface area contributed by atoms with Gasteiger partial charge in [0.15, 0.2) is 0 Å². The van der Waals surface area contributed by atoms with Gasteiger partial charge in [0, 0.05) is 18.9 Å². The summed E-state index contributed by atoms with van der Waals surface area (Å²) in [6, 6.07) is 7.22. The molecule has 1 atom stereocenters. The van der Waals surface area contributed by atoms with E-state index in [1.807, 2.05) is 19.1 Å². The Morgan fingerprint density at radius 1 is 1.12 bits per heavy atom. The lowest BCUT2D eigenvalue weighted by Crippen LogP contribution is -2.40. The molecule has 1 unspecified atom stereocenters. The standard InChI is InChI=1S/C13H16N2O2/c1-9(14)10-5-7-11(8-6-10)15-12(16)3-2-4-13(15)17/h5-9H,2-4,14H2,1H3. The molecule has 1 aliphatic heterocycles. The van der Waals surface area contributed by atoms with Gasteiger partial charge in [-0.2, -0.15) is 0 Å². The Kier molecular flexibility index (Phi) is 3.24. The van der Waals surface area contributed by atoms with Gasteiger partial charge in [0.2, 0.25) is 11.8 Å². The summed E-state index contributed by atoms with van der Waals surface area (Å²) in [6.07, 6.45) is 1.55. The van der Waals surface area contributed by atoms with E-state index in [-0.39, 0.29) is 17.9 Å². The largest absolute Gasteiger partial charge is 0.324 e. The minimum absolute atomic E-state index is 0.0446. The number of benzene rings is 1. The van der Waals surface area contributed by atoms with Crippen molar-refractivity contribution in [2.45, 2.75) is 32.2 Å². The first-order chi connectivity index (χ1) is 8.09. The Labute approximate surface area is 100 Å². The topological polar surface area (TPSA) is 63.4 Å². The SMILES string of the molecule is CC(N)c1ccc(N2C(=O)CCCC2=O)cc1. The predicted molar refractivity (Wildman–Crippen MR) is 65.4 cm³/mol. The molecule has 0 spiro atoms. The maximum Gasteiger partial charge on any atom is 0.233 e. The predicted octanol–water partition coefficient (Wildman–Crippen LogP) is 1.75. The summed E-state index contributed by atoms with van der Waals surface area (Å²) in [7, 11) is 0. The number of amides is 2. The highest BCUT2D eigenvalue weighted by Gasteiger charge is 2.27. The van der Waals surface area contributed by atoms with Gasteiger partial charge in [0.1, 0.15) is 0 Å². The zero-order chi connectivity index (χ0) is 12.4. The van der Waals surface area contributed by atoms with Crippen molar-refractivity contribution in [1.29, 1.82) is 0 Å². The molecule has 0 radical (unpaired) electrons. The van der Waals surface area contributed by atoms with Crippen LogP contribution in [0.25, 0.3) is 0 Å². The molecule has 2 rings (SSSR count). The lowest BCUT2D eigenvalue weighted by Gasteiger charge is -2.25. The van der Waals surface area contributed by atoms with Crippen molar-refractivity contribution in [1.82, 2.24) is 0 Å². The first-order valence-electron chi connectivity index (χ1n) is 5.81. The van der Waals surface area contributed by atoms with Gasteiger partial charge < -0.3 is 5.73 Å². The molecule has 2 N–H and O–H groups in total. The van der Waals surface area contributed by atoms with E-state index in [1.54, 1.807) is 12.1 Å². The Balaban J connectivity index is 2.26. The summed E-state index contributed by atoms with van der Waals surface area (Å²) >= 11 is 0. The molecule has 1 aromatic carbocycles. The molecule has 4 heteroatoms. The summed E-state index contributed by atoms with van der Waals surface area (Å²) in [5.41, 5.74) is 7.38. The fourth-order valence-corrected chi connectivity index (χ4v) is 1.97. The van der Waals surface area contributed by atoms with E-state index < -0.39 is 0 Å². The molecule has 0 aliphatic carbocycles. The van der Waals surface area contributed by atoms with Gasteiger partial charge in [-0.25, -0.2) is 0 Å². The Morgan fingerprint density at radius 3 is 2.12 bits per heavy atom. The molecule has 0 bridgehead atoms. The number of rotatable bonds is 2. The number of anilines is 1. The first-order valence-corrected chi connectivity index (χ1v) is 5.81. The number of hydrogen-bond acceptors (Lipinski definition) is 3. The highest BCUT2D eigenvalue weighted by atomic mass is 16.2. The molecule has 1 aromatic rings. The van der Waals surface area contributed by atoms with Crippen LogP contribution in [0, 0.1) is 0 Å². The molecule has 1 saturated heterocycles. The van der Waals surface area contributed by atoms with Gasteiger partial charge in [0.25, 0.3) is 0 Å². The van der Waals surface area contributed by atoms with Gasteiger partial charge in [0.05, 0.1) is 5.69 Å². The maximum atomic E-state index is 11.7. The van der Waals surface area contributed by atoms with Crippen LogP contribution in [0.4, 0.5) is 5.69 Å². The van der Waals surface area contributed by atoms with Crippen molar-refractivity contribution in [3.8, 4) is 0 Å².